The first kappa shape index (κ1) is 13.7. The fraction of sp³-hybridized carbons (Fsp3) is 0.667. The lowest BCUT2D eigenvalue weighted by Gasteiger charge is -2.26. The SMILES string of the molecule is C[C@H](C(=O)N(C)C)N(C)CCCn1ccnc1. The van der Waals surface area contributed by atoms with Crippen LogP contribution in [0.1, 0.15) is 13.3 Å². The van der Waals surface area contributed by atoms with Crippen molar-refractivity contribution < 1.29 is 4.79 Å². The fourth-order valence-electron chi connectivity index (χ4n) is 1.68. The topological polar surface area (TPSA) is 41.4 Å². The molecule has 17 heavy (non-hydrogen) atoms. The van der Waals surface area contributed by atoms with Crippen LogP contribution in [0.4, 0.5) is 0 Å². The standard InChI is InChI=1S/C12H22N4O/c1-11(12(17)14(2)3)15(4)7-5-8-16-9-6-13-10-16/h6,9-11H,5,7-8H2,1-4H3/t11-/m1/s1. The summed E-state index contributed by atoms with van der Waals surface area (Å²) < 4.78 is 2.05. The van der Waals surface area contributed by atoms with Crippen LogP contribution >= 0.6 is 0 Å². The monoisotopic (exact) mass is 238 g/mol. The highest BCUT2D eigenvalue weighted by molar-refractivity contribution is 5.80. The molecule has 1 amide bonds. The molecule has 1 aromatic heterocycles. The maximum Gasteiger partial charge on any atom is 0.239 e. The summed E-state index contributed by atoms with van der Waals surface area (Å²) in [5, 5.41) is 0. The van der Waals surface area contributed by atoms with Crippen molar-refractivity contribution in [1.29, 1.82) is 0 Å². The summed E-state index contributed by atoms with van der Waals surface area (Å²) in [5.74, 6) is 0.148. The maximum absolute atomic E-state index is 11.7. The van der Waals surface area contributed by atoms with Crippen molar-refractivity contribution in [3.8, 4) is 0 Å². The minimum atomic E-state index is -0.0622. The lowest BCUT2D eigenvalue weighted by molar-refractivity contribution is -0.133. The van der Waals surface area contributed by atoms with Gasteiger partial charge in [0.1, 0.15) is 0 Å². The normalized spacial score (nSPS) is 12.8. The predicted octanol–water partition coefficient (Wildman–Crippen LogP) is 0.682. The number of likely N-dealkylation sites (N-methyl/N-ethyl adjacent to an activating group) is 2. The Kier molecular flexibility index (Phi) is 5.15. The molecule has 96 valence electrons. The smallest absolute Gasteiger partial charge is 0.239 e. The van der Waals surface area contributed by atoms with Gasteiger partial charge in [0.15, 0.2) is 0 Å². The van der Waals surface area contributed by atoms with Gasteiger partial charge in [0.2, 0.25) is 5.91 Å². The molecule has 5 nitrogen and oxygen atoms in total. The Bertz CT molecular complexity index is 334. The summed E-state index contributed by atoms with van der Waals surface area (Å²) in [7, 11) is 5.57. The second-order valence-electron chi connectivity index (χ2n) is 4.54. The van der Waals surface area contributed by atoms with Gasteiger partial charge in [0, 0.05) is 39.6 Å². The van der Waals surface area contributed by atoms with Crippen LogP contribution in [-0.4, -0.2) is 59.0 Å². The van der Waals surface area contributed by atoms with Crippen molar-refractivity contribution >= 4 is 5.91 Å². The largest absolute Gasteiger partial charge is 0.347 e. The van der Waals surface area contributed by atoms with Crippen LogP contribution in [0.5, 0.6) is 0 Å². The fourth-order valence-corrected chi connectivity index (χ4v) is 1.68. The quantitative estimate of drug-likeness (QED) is 0.732. The third kappa shape index (κ3) is 4.19. The molecule has 0 aromatic carbocycles. The Morgan fingerprint density at radius 2 is 2.12 bits per heavy atom. The molecule has 5 heteroatoms. The number of hydrogen-bond donors (Lipinski definition) is 0. The third-order valence-corrected chi connectivity index (χ3v) is 2.95. The zero-order chi connectivity index (χ0) is 12.8. The molecule has 0 aliphatic heterocycles. The molecule has 0 bridgehead atoms. The number of imidazole rings is 1. The average molecular weight is 238 g/mol. The zero-order valence-corrected chi connectivity index (χ0v) is 11.1. The Morgan fingerprint density at radius 3 is 2.65 bits per heavy atom. The van der Waals surface area contributed by atoms with Gasteiger partial charge in [-0.1, -0.05) is 0 Å². The van der Waals surface area contributed by atoms with E-state index in [0.717, 1.165) is 19.5 Å². The highest BCUT2D eigenvalue weighted by atomic mass is 16.2. The van der Waals surface area contributed by atoms with E-state index in [4.69, 9.17) is 0 Å². The molecule has 0 fully saturated rings. The summed E-state index contributed by atoms with van der Waals surface area (Å²) in [6.07, 6.45) is 6.56. The molecule has 0 saturated heterocycles. The van der Waals surface area contributed by atoms with E-state index < -0.39 is 0 Å². The van der Waals surface area contributed by atoms with Gasteiger partial charge in [-0.3, -0.25) is 9.69 Å². The van der Waals surface area contributed by atoms with Crippen LogP contribution < -0.4 is 0 Å². The van der Waals surface area contributed by atoms with Gasteiger partial charge in [-0.25, -0.2) is 4.98 Å². The highest BCUT2D eigenvalue weighted by Gasteiger charge is 2.18. The molecular weight excluding hydrogens is 216 g/mol. The Hall–Kier alpha value is -1.36. The van der Waals surface area contributed by atoms with Gasteiger partial charge in [-0.15, -0.1) is 0 Å². The molecule has 1 aromatic rings. The Balaban J connectivity index is 2.29. The minimum absolute atomic E-state index is 0.0622. The number of carbonyl (C=O) groups excluding carboxylic acids is 1. The molecule has 0 saturated carbocycles. The lowest BCUT2D eigenvalue weighted by Crippen LogP contribution is -2.43. The number of hydrogen-bond acceptors (Lipinski definition) is 3. The van der Waals surface area contributed by atoms with Gasteiger partial charge in [0.05, 0.1) is 12.4 Å². The molecule has 1 heterocycles. The summed E-state index contributed by atoms with van der Waals surface area (Å²) >= 11 is 0. The van der Waals surface area contributed by atoms with E-state index in [1.807, 2.05) is 31.1 Å². The number of carbonyl (C=O) groups is 1. The molecule has 1 rings (SSSR count). The minimum Gasteiger partial charge on any atom is -0.347 e. The van der Waals surface area contributed by atoms with Crippen molar-refractivity contribution in [2.75, 3.05) is 27.7 Å². The molecular formula is C12H22N4O. The molecule has 0 N–H and O–H groups in total. The van der Waals surface area contributed by atoms with Crippen molar-refractivity contribution in [2.24, 2.45) is 0 Å². The maximum atomic E-state index is 11.7. The Morgan fingerprint density at radius 1 is 1.41 bits per heavy atom. The number of aromatic nitrogens is 2. The van der Waals surface area contributed by atoms with Gasteiger partial charge in [-0.05, 0) is 20.4 Å². The van der Waals surface area contributed by atoms with Crippen LogP contribution in [0.3, 0.4) is 0 Å². The van der Waals surface area contributed by atoms with Gasteiger partial charge in [-0.2, -0.15) is 0 Å². The van der Waals surface area contributed by atoms with Crippen LogP contribution in [0.2, 0.25) is 0 Å². The van der Waals surface area contributed by atoms with E-state index in [9.17, 15) is 4.79 Å². The third-order valence-electron chi connectivity index (χ3n) is 2.95. The summed E-state index contributed by atoms with van der Waals surface area (Å²) in [6.45, 7) is 3.78. The van der Waals surface area contributed by atoms with Gasteiger partial charge >= 0.3 is 0 Å². The molecule has 0 aliphatic rings. The number of aryl methyl sites for hydroxylation is 1. The molecule has 0 aliphatic carbocycles. The van der Waals surface area contributed by atoms with Gasteiger partial charge in [0.25, 0.3) is 0 Å². The van der Waals surface area contributed by atoms with Crippen molar-refractivity contribution in [1.82, 2.24) is 19.4 Å². The van der Waals surface area contributed by atoms with Gasteiger partial charge < -0.3 is 9.47 Å². The second-order valence-corrected chi connectivity index (χ2v) is 4.54. The Labute approximate surface area is 103 Å². The van der Waals surface area contributed by atoms with Crippen molar-refractivity contribution in [2.45, 2.75) is 25.9 Å². The number of amides is 1. The predicted molar refractivity (Wildman–Crippen MR) is 67.6 cm³/mol. The zero-order valence-electron chi connectivity index (χ0n) is 11.1. The van der Waals surface area contributed by atoms with Crippen LogP contribution in [-0.2, 0) is 11.3 Å². The van der Waals surface area contributed by atoms with E-state index in [-0.39, 0.29) is 11.9 Å². The summed E-state index contributed by atoms with van der Waals surface area (Å²) in [4.78, 5) is 19.5. The lowest BCUT2D eigenvalue weighted by atomic mass is 10.2. The van der Waals surface area contributed by atoms with E-state index in [2.05, 4.69) is 9.88 Å². The van der Waals surface area contributed by atoms with Crippen molar-refractivity contribution in [3.05, 3.63) is 18.7 Å². The molecule has 1 atom stereocenters. The summed E-state index contributed by atoms with van der Waals surface area (Å²) in [5.41, 5.74) is 0. The van der Waals surface area contributed by atoms with E-state index in [0.29, 0.717) is 0 Å². The number of rotatable bonds is 6. The highest BCUT2D eigenvalue weighted by Crippen LogP contribution is 2.01. The second kappa shape index (κ2) is 6.39. The van der Waals surface area contributed by atoms with E-state index in [1.165, 1.54) is 0 Å². The first-order chi connectivity index (χ1) is 8.02. The van der Waals surface area contributed by atoms with Crippen LogP contribution in [0.25, 0.3) is 0 Å². The first-order valence-electron chi connectivity index (χ1n) is 5.89. The van der Waals surface area contributed by atoms with Crippen molar-refractivity contribution in [3.63, 3.8) is 0 Å². The summed E-state index contributed by atoms with van der Waals surface area (Å²) in [6, 6.07) is -0.0622. The molecule has 0 radical (unpaired) electrons. The average Bonchev–Trinajstić information content (AvgIpc) is 2.79. The van der Waals surface area contributed by atoms with Crippen LogP contribution in [0.15, 0.2) is 18.7 Å². The van der Waals surface area contributed by atoms with Crippen LogP contribution in [0, 0.1) is 0 Å². The van der Waals surface area contributed by atoms with E-state index >= 15 is 0 Å². The number of nitrogens with zero attached hydrogens (tertiary/aromatic N) is 4. The molecule has 0 spiro atoms. The first-order valence-corrected chi connectivity index (χ1v) is 5.89. The molecule has 0 unspecified atom stereocenters. The van der Waals surface area contributed by atoms with E-state index in [1.54, 1.807) is 25.2 Å².